The first-order chi connectivity index (χ1) is 12.9. The van der Waals surface area contributed by atoms with E-state index in [2.05, 4.69) is 28.9 Å². The van der Waals surface area contributed by atoms with Crippen LogP contribution in [0.1, 0.15) is 38.2 Å². The van der Waals surface area contributed by atoms with Gasteiger partial charge >= 0.3 is 11.9 Å². The molecule has 0 aliphatic carbocycles. The number of piperidine rings is 2. The number of hydrogen-bond donors (Lipinski definition) is 2. The zero-order valence-electron chi connectivity index (χ0n) is 15.8. The third-order valence-electron chi connectivity index (χ3n) is 5.30. The molecule has 2 aliphatic heterocycles. The molecule has 0 radical (unpaired) electrons. The molecule has 0 bridgehead atoms. The van der Waals surface area contributed by atoms with Crippen LogP contribution in [-0.4, -0.2) is 64.2 Å². The van der Waals surface area contributed by atoms with Crippen LogP contribution < -0.4 is 0 Å². The van der Waals surface area contributed by atoms with Crippen molar-refractivity contribution in [3.05, 3.63) is 34.9 Å². The van der Waals surface area contributed by atoms with Crippen LogP contribution in [0.5, 0.6) is 0 Å². The van der Waals surface area contributed by atoms with E-state index in [0.29, 0.717) is 0 Å². The summed E-state index contributed by atoms with van der Waals surface area (Å²) in [6, 6.07) is 9.06. The minimum absolute atomic E-state index is 0.815. The van der Waals surface area contributed by atoms with E-state index in [1.165, 1.54) is 57.4 Å². The molecule has 7 heteroatoms. The van der Waals surface area contributed by atoms with Gasteiger partial charge in [0.1, 0.15) is 0 Å². The minimum atomic E-state index is -1.82. The molecule has 2 aliphatic rings. The van der Waals surface area contributed by atoms with Gasteiger partial charge < -0.3 is 15.1 Å². The lowest BCUT2D eigenvalue weighted by atomic mass is 9.95. The number of halogens is 1. The van der Waals surface area contributed by atoms with Gasteiger partial charge in [-0.3, -0.25) is 4.90 Å². The standard InChI is InChI=1S/C18H27ClN2.C2H2O4/c1-15-5-4-10-21(13-15)17-8-11-20(12-9-17)14-16-6-2-3-7-18(16)19;3-1(4)2(5)6/h2-3,6-7,15,17H,4-5,8-14H2,1H3;(H,3,4)(H,5,6). The Labute approximate surface area is 165 Å². The highest BCUT2D eigenvalue weighted by molar-refractivity contribution is 6.31. The quantitative estimate of drug-likeness (QED) is 0.763. The van der Waals surface area contributed by atoms with E-state index in [4.69, 9.17) is 31.4 Å². The fraction of sp³-hybridized carbons (Fsp3) is 0.600. The number of likely N-dealkylation sites (tertiary alicyclic amines) is 2. The summed E-state index contributed by atoms with van der Waals surface area (Å²) in [6.07, 6.45) is 5.44. The molecule has 1 atom stereocenters. The molecule has 1 aromatic rings. The second-order valence-corrected chi connectivity index (χ2v) is 7.86. The molecule has 6 nitrogen and oxygen atoms in total. The molecular formula is C20H29ClN2O4. The van der Waals surface area contributed by atoms with Gasteiger partial charge in [-0.25, -0.2) is 9.59 Å². The van der Waals surface area contributed by atoms with E-state index in [-0.39, 0.29) is 0 Å². The van der Waals surface area contributed by atoms with E-state index in [0.717, 1.165) is 23.5 Å². The SMILES string of the molecule is CC1CCCN(C2CCN(Cc3ccccc3Cl)CC2)C1.O=C(O)C(=O)O. The third kappa shape index (κ3) is 7.13. The van der Waals surface area contributed by atoms with Crippen molar-refractivity contribution in [3.63, 3.8) is 0 Å². The first kappa shape index (κ1) is 21.7. The fourth-order valence-corrected chi connectivity index (χ4v) is 4.06. The van der Waals surface area contributed by atoms with Crippen LogP contribution in [0.4, 0.5) is 0 Å². The average molecular weight is 397 g/mol. The van der Waals surface area contributed by atoms with Crippen LogP contribution in [0, 0.1) is 5.92 Å². The van der Waals surface area contributed by atoms with Gasteiger partial charge in [0, 0.05) is 24.2 Å². The van der Waals surface area contributed by atoms with Gasteiger partial charge in [0.05, 0.1) is 0 Å². The van der Waals surface area contributed by atoms with E-state index in [1.807, 2.05) is 12.1 Å². The highest BCUT2D eigenvalue weighted by atomic mass is 35.5. The van der Waals surface area contributed by atoms with Gasteiger partial charge in [-0.15, -0.1) is 0 Å². The lowest BCUT2D eigenvalue weighted by Gasteiger charge is -2.41. The summed E-state index contributed by atoms with van der Waals surface area (Å²) in [7, 11) is 0. The first-order valence-corrected chi connectivity index (χ1v) is 9.90. The van der Waals surface area contributed by atoms with Gasteiger partial charge in [0.15, 0.2) is 0 Å². The molecule has 0 spiro atoms. The Morgan fingerprint density at radius 1 is 1.07 bits per heavy atom. The monoisotopic (exact) mass is 396 g/mol. The molecule has 0 saturated carbocycles. The Morgan fingerprint density at radius 2 is 1.70 bits per heavy atom. The summed E-state index contributed by atoms with van der Waals surface area (Å²) in [6.45, 7) is 8.46. The van der Waals surface area contributed by atoms with Crippen molar-refractivity contribution < 1.29 is 19.8 Å². The fourth-order valence-electron chi connectivity index (χ4n) is 3.87. The van der Waals surface area contributed by atoms with E-state index < -0.39 is 11.9 Å². The lowest BCUT2D eigenvalue weighted by molar-refractivity contribution is -0.159. The molecule has 2 heterocycles. The summed E-state index contributed by atoms with van der Waals surface area (Å²) >= 11 is 6.28. The number of carbonyl (C=O) groups is 2. The number of aliphatic carboxylic acids is 2. The van der Waals surface area contributed by atoms with Crippen molar-refractivity contribution in [2.24, 2.45) is 5.92 Å². The van der Waals surface area contributed by atoms with Crippen molar-refractivity contribution in [1.29, 1.82) is 0 Å². The van der Waals surface area contributed by atoms with Crippen LogP contribution in [0.25, 0.3) is 0 Å². The summed E-state index contributed by atoms with van der Waals surface area (Å²) in [5, 5.41) is 15.7. The summed E-state index contributed by atoms with van der Waals surface area (Å²) in [5.74, 6) is -2.76. The predicted molar refractivity (Wildman–Crippen MR) is 105 cm³/mol. The Balaban J connectivity index is 0.000000380. The van der Waals surface area contributed by atoms with Crippen molar-refractivity contribution in [3.8, 4) is 0 Å². The molecule has 0 aromatic heterocycles. The second-order valence-electron chi connectivity index (χ2n) is 7.45. The smallest absolute Gasteiger partial charge is 0.414 e. The van der Waals surface area contributed by atoms with Crippen LogP contribution in [-0.2, 0) is 16.1 Å². The minimum Gasteiger partial charge on any atom is -0.473 e. The molecule has 27 heavy (non-hydrogen) atoms. The van der Waals surface area contributed by atoms with Crippen LogP contribution >= 0.6 is 11.6 Å². The molecule has 1 aromatic carbocycles. The Bertz CT molecular complexity index is 620. The molecule has 1 unspecified atom stereocenters. The molecular weight excluding hydrogens is 368 g/mol. The summed E-state index contributed by atoms with van der Waals surface area (Å²) in [5.41, 5.74) is 1.27. The maximum atomic E-state index is 9.10. The second kappa shape index (κ2) is 10.6. The number of benzene rings is 1. The predicted octanol–water partition coefficient (Wildman–Crippen LogP) is 3.19. The molecule has 3 rings (SSSR count). The van der Waals surface area contributed by atoms with Crippen LogP contribution in [0.15, 0.2) is 24.3 Å². The molecule has 2 saturated heterocycles. The third-order valence-corrected chi connectivity index (χ3v) is 5.67. The average Bonchev–Trinajstić information content (AvgIpc) is 2.65. The zero-order valence-corrected chi connectivity index (χ0v) is 16.6. The number of carboxylic acid groups (broad SMARTS) is 2. The van der Waals surface area contributed by atoms with Crippen molar-refractivity contribution in [2.45, 2.75) is 45.2 Å². The normalized spacial score (nSPS) is 21.9. The number of carboxylic acids is 2. The molecule has 0 amide bonds. The van der Waals surface area contributed by atoms with Gasteiger partial charge in [-0.2, -0.15) is 0 Å². The maximum Gasteiger partial charge on any atom is 0.414 e. The van der Waals surface area contributed by atoms with Gasteiger partial charge in [-0.1, -0.05) is 36.7 Å². The van der Waals surface area contributed by atoms with Gasteiger partial charge in [0.25, 0.3) is 0 Å². The number of nitrogens with zero attached hydrogens (tertiary/aromatic N) is 2. The first-order valence-electron chi connectivity index (χ1n) is 9.53. The number of rotatable bonds is 3. The van der Waals surface area contributed by atoms with Crippen molar-refractivity contribution in [1.82, 2.24) is 9.80 Å². The topological polar surface area (TPSA) is 81.1 Å². The van der Waals surface area contributed by atoms with E-state index >= 15 is 0 Å². The van der Waals surface area contributed by atoms with E-state index in [9.17, 15) is 0 Å². The highest BCUT2D eigenvalue weighted by Gasteiger charge is 2.27. The zero-order chi connectivity index (χ0) is 19.8. The summed E-state index contributed by atoms with van der Waals surface area (Å²) in [4.78, 5) is 23.5. The Morgan fingerprint density at radius 3 is 2.26 bits per heavy atom. The molecule has 2 fully saturated rings. The highest BCUT2D eigenvalue weighted by Crippen LogP contribution is 2.25. The number of hydrogen-bond acceptors (Lipinski definition) is 4. The van der Waals surface area contributed by atoms with Gasteiger partial charge in [-0.05, 0) is 62.9 Å². The van der Waals surface area contributed by atoms with Crippen LogP contribution in [0.3, 0.4) is 0 Å². The molecule has 150 valence electrons. The van der Waals surface area contributed by atoms with E-state index in [1.54, 1.807) is 0 Å². The van der Waals surface area contributed by atoms with Crippen LogP contribution in [0.2, 0.25) is 5.02 Å². The molecule has 2 N–H and O–H groups in total. The maximum absolute atomic E-state index is 9.10. The summed E-state index contributed by atoms with van der Waals surface area (Å²) < 4.78 is 0. The Kier molecular flexibility index (Phi) is 8.54. The largest absolute Gasteiger partial charge is 0.473 e. The Hall–Kier alpha value is -1.63. The van der Waals surface area contributed by atoms with Crippen molar-refractivity contribution in [2.75, 3.05) is 26.2 Å². The van der Waals surface area contributed by atoms with Crippen molar-refractivity contribution >= 4 is 23.5 Å². The lowest BCUT2D eigenvalue weighted by Crippen LogP contribution is -2.47. The van der Waals surface area contributed by atoms with Gasteiger partial charge in [0.2, 0.25) is 0 Å².